The van der Waals surface area contributed by atoms with Gasteiger partial charge in [0, 0.05) is 24.0 Å². The summed E-state index contributed by atoms with van der Waals surface area (Å²) in [4.78, 5) is 23.9. The maximum Gasteiger partial charge on any atom is 0.319 e. The van der Waals surface area contributed by atoms with Gasteiger partial charge in [-0.25, -0.2) is 9.59 Å². The first-order chi connectivity index (χ1) is 12.7. The van der Waals surface area contributed by atoms with Crippen LogP contribution in [-0.4, -0.2) is 24.6 Å². The van der Waals surface area contributed by atoms with E-state index in [1.54, 1.807) is 31.2 Å². The lowest BCUT2D eigenvalue weighted by Gasteiger charge is -2.16. The highest BCUT2D eigenvalue weighted by Crippen LogP contribution is 2.25. The molecule has 0 spiro atoms. The molecule has 27 heavy (non-hydrogen) atoms. The van der Waals surface area contributed by atoms with E-state index in [4.69, 9.17) is 46.4 Å². The summed E-state index contributed by atoms with van der Waals surface area (Å²) < 4.78 is 0. The number of urea groups is 2. The lowest BCUT2D eigenvalue weighted by Crippen LogP contribution is -2.44. The van der Waals surface area contributed by atoms with E-state index in [9.17, 15) is 9.59 Å². The van der Waals surface area contributed by atoms with E-state index < -0.39 is 12.1 Å². The summed E-state index contributed by atoms with van der Waals surface area (Å²) in [6.07, 6.45) is 0. The van der Waals surface area contributed by atoms with Crippen molar-refractivity contribution in [1.29, 1.82) is 0 Å². The van der Waals surface area contributed by atoms with E-state index in [0.717, 1.165) is 0 Å². The fourth-order valence-corrected chi connectivity index (χ4v) is 2.61. The van der Waals surface area contributed by atoms with Crippen LogP contribution in [0.2, 0.25) is 20.1 Å². The number of carbonyl (C=O) groups excluding carboxylic acids is 2. The maximum absolute atomic E-state index is 12.0. The third-order valence-electron chi connectivity index (χ3n) is 3.30. The quantitative estimate of drug-likeness (QED) is 0.476. The lowest BCUT2D eigenvalue weighted by molar-refractivity contribution is 0.244. The average Bonchev–Trinajstić information content (AvgIpc) is 2.59. The number of benzene rings is 2. The molecular weight excluding hydrogens is 434 g/mol. The molecule has 0 saturated heterocycles. The summed E-state index contributed by atoms with van der Waals surface area (Å²) in [7, 11) is 0. The predicted molar refractivity (Wildman–Crippen MR) is 112 cm³/mol. The highest BCUT2D eigenvalue weighted by molar-refractivity contribution is 6.42. The van der Waals surface area contributed by atoms with Crippen LogP contribution in [0.5, 0.6) is 0 Å². The Morgan fingerprint density at radius 2 is 1.30 bits per heavy atom. The summed E-state index contributed by atoms with van der Waals surface area (Å²) in [6, 6.07) is 8.29. The summed E-state index contributed by atoms with van der Waals surface area (Å²) in [6.45, 7) is 1.95. The SMILES string of the molecule is C[C@@H](CNC(=O)Nc1ccc(Cl)c(Cl)c1)NC(=O)Nc1ccc(Cl)c(Cl)c1. The van der Waals surface area contributed by atoms with Crippen molar-refractivity contribution in [1.82, 2.24) is 10.6 Å². The molecule has 4 N–H and O–H groups in total. The molecule has 0 saturated carbocycles. The normalized spacial score (nSPS) is 11.4. The lowest BCUT2D eigenvalue weighted by atomic mass is 10.3. The second-order valence-electron chi connectivity index (χ2n) is 5.59. The number of hydrogen-bond acceptors (Lipinski definition) is 2. The topological polar surface area (TPSA) is 82.3 Å². The molecule has 1 atom stereocenters. The molecule has 144 valence electrons. The van der Waals surface area contributed by atoms with Crippen LogP contribution in [-0.2, 0) is 0 Å². The van der Waals surface area contributed by atoms with Crippen LogP contribution in [0.1, 0.15) is 6.92 Å². The van der Waals surface area contributed by atoms with Crippen LogP contribution in [0.15, 0.2) is 36.4 Å². The zero-order chi connectivity index (χ0) is 20.0. The molecule has 0 radical (unpaired) electrons. The van der Waals surface area contributed by atoms with Crippen molar-refractivity contribution in [3.8, 4) is 0 Å². The average molecular weight is 450 g/mol. The van der Waals surface area contributed by atoms with Gasteiger partial charge in [0.25, 0.3) is 0 Å². The van der Waals surface area contributed by atoms with Gasteiger partial charge in [-0.1, -0.05) is 46.4 Å². The molecule has 0 bridgehead atoms. The second-order valence-corrected chi connectivity index (χ2v) is 7.22. The van der Waals surface area contributed by atoms with Crippen molar-refractivity contribution in [3.63, 3.8) is 0 Å². The third kappa shape index (κ3) is 6.99. The van der Waals surface area contributed by atoms with Crippen LogP contribution in [0.25, 0.3) is 0 Å². The van der Waals surface area contributed by atoms with Crippen LogP contribution < -0.4 is 21.3 Å². The Bertz CT molecular complexity index is 848. The molecule has 0 aliphatic heterocycles. The van der Waals surface area contributed by atoms with Crippen LogP contribution in [0, 0.1) is 0 Å². The van der Waals surface area contributed by atoms with Crippen molar-refractivity contribution in [2.24, 2.45) is 0 Å². The van der Waals surface area contributed by atoms with Crippen LogP contribution in [0.3, 0.4) is 0 Å². The monoisotopic (exact) mass is 448 g/mol. The molecular formula is C17H16Cl4N4O2. The molecule has 0 aliphatic carbocycles. The number of nitrogens with one attached hydrogen (secondary N) is 4. The van der Waals surface area contributed by atoms with E-state index in [0.29, 0.717) is 31.5 Å². The van der Waals surface area contributed by atoms with Gasteiger partial charge < -0.3 is 21.3 Å². The first-order valence-corrected chi connectivity index (χ1v) is 9.28. The van der Waals surface area contributed by atoms with Gasteiger partial charge in [-0.3, -0.25) is 0 Å². The van der Waals surface area contributed by atoms with Crippen molar-refractivity contribution in [3.05, 3.63) is 56.5 Å². The van der Waals surface area contributed by atoms with Crippen LogP contribution in [0.4, 0.5) is 21.0 Å². The number of anilines is 2. The minimum atomic E-state index is -0.438. The first-order valence-electron chi connectivity index (χ1n) is 7.77. The molecule has 6 nitrogen and oxygen atoms in total. The van der Waals surface area contributed by atoms with Crippen molar-refractivity contribution in [2.75, 3.05) is 17.2 Å². The predicted octanol–water partition coefficient (Wildman–Crippen LogP) is 5.63. The van der Waals surface area contributed by atoms with Crippen molar-refractivity contribution < 1.29 is 9.59 Å². The zero-order valence-corrected chi connectivity index (χ0v) is 17.1. The minimum Gasteiger partial charge on any atom is -0.336 e. The molecule has 0 aromatic heterocycles. The molecule has 0 aliphatic rings. The molecule has 2 rings (SSSR count). The molecule has 2 aromatic carbocycles. The summed E-state index contributed by atoms with van der Waals surface area (Å²) in [5.74, 6) is 0. The Morgan fingerprint density at radius 3 is 1.78 bits per heavy atom. The summed E-state index contributed by atoms with van der Waals surface area (Å²) >= 11 is 23.4. The smallest absolute Gasteiger partial charge is 0.319 e. The van der Waals surface area contributed by atoms with Crippen molar-refractivity contribution >= 4 is 69.8 Å². The van der Waals surface area contributed by atoms with E-state index in [1.807, 2.05) is 0 Å². The van der Waals surface area contributed by atoms with Gasteiger partial charge in [0.1, 0.15) is 0 Å². The van der Waals surface area contributed by atoms with Gasteiger partial charge in [0.15, 0.2) is 0 Å². The number of rotatable bonds is 5. The largest absolute Gasteiger partial charge is 0.336 e. The minimum absolute atomic E-state index is 0.210. The van der Waals surface area contributed by atoms with E-state index >= 15 is 0 Å². The number of carbonyl (C=O) groups is 2. The third-order valence-corrected chi connectivity index (χ3v) is 4.78. The fraction of sp³-hybridized carbons (Fsp3) is 0.176. The van der Waals surface area contributed by atoms with E-state index in [2.05, 4.69) is 21.3 Å². The van der Waals surface area contributed by atoms with Gasteiger partial charge in [-0.05, 0) is 43.3 Å². The van der Waals surface area contributed by atoms with Gasteiger partial charge in [-0.15, -0.1) is 0 Å². The molecule has 0 fully saturated rings. The Hall–Kier alpha value is -1.86. The van der Waals surface area contributed by atoms with Gasteiger partial charge in [0.05, 0.1) is 20.1 Å². The molecule has 4 amide bonds. The molecule has 10 heteroatoms. The first kappa shape index (κ1) is 21.4. The fourth-order valence-electron chi connectivity index (χ4n) is 2.01. The Morgan fingerprint density at radius 1 is 0.815 bits per heavy atom. The standard InChI is InChI=1S/C17H16Cl4N4O2/c1-9(23-17(27)25-11-3-5-13(19)15(21)7-11)8-22-16(26)24-10-2-4-12(18)14(20)6-10/h2-7,9H,8H2,1H3,(H2,22,24,26)(H2,23,25,27)/t9-/m0/s1. The second kappa shape index (κ2) is 9.90. The van der Waals surface area contributed by atoms with Gasteiger partial charge >= 0.3 is 12.1 Å². The Kier molecular flexibility index (Phi) is 7.86. The van der Waals surface area contributed by atoms with E-state index in [-0.39, 0.29) is 12.6 Å². The number of hydrogen-bond donors (Lipinski definition) is 4. The Labute approximate surface area is 176 Å². The highest BCUT2D eigenvalue weighted by atomic mass is 35.5. The van der Waals surface area contributed by atoms with E-state index in [1.165, 1.54) is 12.1 Å². The molecule has 0 unspecified atom stereocenters. The summed E-state index contributed by atoms with van der Waals surface area (Å²) in [5.41, 5.74) is 0.999. The maximum atomic E-state index is 12.0. The van der Waals surface area contributed by atoms with Gasteiger partial charge in [-0.2, -0.15) is 0 Å². The number of halogens is 4. The number of amides is 4. The highest BCUT2D eigenvalue weighted by Gasteiger charge is 2.10. The van der Waals surface area contributed by atoms with Gasteiger partial charge in [0.2, 0.25) is 0 Å². The molecule has 2 aromatic rings. The zero-order valence-electron chi connectivity index (χ0n) is 14.1. The van der Waals surface area contributed by atoms with Crippen molar-refractivity contribution in [2.45, 2.75) is 13.0 Å². The Balaban J connectivity index is 1.76. The van der Waals surface area contributed by atoms with Crippen LogP contribution >= 0.6 is 46.4 Å². The summed E-state index contributed by atoms with van der Waals surface area (Å²) in [5, 5.41) is 12.1. The molecule has 0 heterocycles.